The maximum atomic E-state index is 13.1. The van der Waals surface area contributed by atoms with Gasteiger partial charge in [0.05, 0.1) is 22.8 Å². The second-order valence-electron chi connectivity index (χ2n) is 3.93. The number of aromatic carboxylic acids is 1. The Bertz CT molecular complexity index is 624. The van der Waals surface area contributed by atoms with Gasteiger partial charge in [-0.25, -0.2) is 17.6 Å². The number of sulfone groups is 1. The van der Waals surface area contributed by atoms with E-state index in [9.17, 15) is 30.8 Å². The smallest absolute Gasteiger partial charge is 0.411 e. The number of alkyl halides is 3. The van der Waals surface area contributed by atoms with Crippen molar-refractivity contribution >= 4 is 15.8 Å². The van der Waals surface area contributed by atoms with E-state index in [0.29, 0.717) is 12.1 Å². The molecule has 0 radical (unpaired) electrons. The lowest BCUT2D eigenvalue weighted by Crippen LogP contribution is -2.21. The lowest BCUT2D eigenvalue weighted by atomic mass is 10.2. The molecule has 1 N–H and O–H groups in total. The lowest BCUT2D eigenvalue weighted by molar-refractivity contribution is -0.172. The van der Waals surface area contributed by atoms with E-state index in [-0.39, 0.29) is 0 Å². The van der Waals surface area contributed by atoms with E-state index in [4.69, 9.17) is 5.11 Å². The third-order valence-corrected chi connectivity index (χ3v) is 3.97. The van der Waals surface area contributed by atoms with Gasteiger partial charge in [0.15, 0.2) is 9.84 Å². The molecule has 1 aromatic rings. The highest BCUT2D eigenvalue weighted by Gasteiger charge is 2.28. The summed E-state index contributed by atoms with van der Waals surface area (Å²) < 4.78 is 76.2. The fraction of sp³-hybridized carbons (Fsp3) is 0.364. The standard InChI is InChI=1S/C11H10F4O5S/c12-9-2-1-7(5-8(9)10(16)17)21(18,19)4-3-20-6-11(13,14)15/h1-2,5H,3-4,6H2,(H,16,17). The van der Waals surface area contributed by atoms with Gasteiger partial charge < -0.3 is 9.84 Å². The van der Waals surface area contributed by atoms with Gasteiger partial charge in [0.1, 0.15) is 12.4 Å². The van der Waals surface area contributed by atoms with Gasteiger partial charge in [-0.2, -0.15) is 13.2 Å². The van der Waals surface area contributed by atoms with Crippen LogP contribution in [-0.2, 0) is 14.6 Å². The van der Waals surface area contributed by atoms with Crippen LogP contribution in [0.4, 0.5) is 17.6 Å². The number of benzene rings is 1. The van der Waals surface area contributed by atoms with Crippen LogP contribution in [0.25, 0.3) is 0 Å². The van der Waals surface area contributed by atoms with E-state index in [2.05, 4.69) is 4.74 Å². The molecule has 118 valence electrons. The molecule has 5 nitrogen and oxygen atoms in total. The normalized spacial score (nSPS) is 12.4. The first-order valence-corrected chi connectivity index (χ1v) is 7.08. The molecule has 1 aromatic carbocycles. The van der Waals surface area contributed by atoms with Crippen LogP contribution in [0, 0.1) is 5.82 Å². The first kappa shape index (κ1) is 17.4. The third kappa shape index (κ3) is 5.31. The zero-order valence-electron chi connectivity index (χ0n) is 10.4. The zero-order chi connectivity index (χ0) is 16.3. The molecule has 0 bridgehead atoms. The van der Waals surface area contributed by atoms with Crippen LogP contribution in [0.5, 0.6) is 0 Å². The Morgan fingerprint density at radius 1 is 1.29 bits per heavy atom. The summed E-state index contributed by atoms with van der Waals surface area (Å²) in [5.74, 6) is -3.55. The van der Waals surface area contributed by atoms with Crippen molar-refractivity contribution in [3.63, 3.8) is 0 Å². The molecular weight excluding hydrogens is 320 g/mol. The van der Waals surface area contributed by atoms with E-state index in [1.165, 1.54) is 0 Å². The molecule has 1 rings (SSSR count). The van der Waals surface area contributed by atoms with Gasteiger partial charge in [-0.15, -0.1) is 0 Å². The molecule has 0 amide bonds. The fourth-order valence-corrected chi connectivity index (χ4v) is 2.48. The molecule has 0 saturated heterocycles. The minimum absolute atomic E-state index is 0.503. The number of hydrogen-bond donors (Lipinski definition) is 1. The van der Waals surface area contributed by atoms with Gasteiger partial charge in [-0.3, -0.25) is 0 Å². The lowest BCUT2D eigenvalue weighted by Gasteiger charge is -2.09. The third-order valence-electron chi connectivity index (χ3n) is 2.29. The summed E-state index contributed by atoms with van der Waals surface area (Å²) in [7, 11) is -4.07. The second kappa shape index (κ2) is 6.39. The molecule has 0 atom stereocenters. The van der Waals surface area contributed by atoms with Crippen LogP contribution < -0.4 is 0 Å². The highest BCUT2D eigenvalue weighted by Crippen LogP contribution is 2.18. The van der Waals surface area contributed by atoms with Gasteiger partial charge in [0, 0.05) is 0 Å². The Morgan fingerprint density at radius 2 is 1.90 bits per heavy atom. The first-order valence-electron chi connectivity index (χ1n) is 5.43. The molecule has 0 heterocycles. The molecule has 0 aliphatic carbocycles. The van der Waals surface area contributed by atoms with Crippen molar-refractivity contribution in [2.24, 2.45) is 0 Å². The predicted octanol–water partition coefficient (Wildman–Crippen LogP) is 1.88. The van der Waals surface area contributed by atoms with Crippen LogP contribution in [-0.4, -0.2) is 44.6 Å². The van der Waals surface area contributed by atoms with E-state index in [0.717, 1.165) is 6.07 Å². The topological polar surface area (TPSA) is 80.7 Å². The van der Waals surface area contributed by atoms with Gasteiger partial charge in [-0.1, -0.05) is 0 Å². The van der Waals surface area contributed by atoms with E-state index in [1.54, 1.807) is 0 Å². The van der Waals surface area contributed by atoms with Gasteiger partial charge in [-0.05, 0) is 18.2 Å². The number of ether oxygens (including phenoxy) is 1. The Kier molecular flexibility index (Phi) is 5.29. The quantitative estimate of drug-likeness (QED) is 0.489. The van der Waals surface area contributed by atoms with Crippen LogP contribution in [0.2, 0.25) is 0 Å². The summed E-state index contributed by atoms with van der Waals surface area (Å²) in [4.78, 5) is 10.2. The van der Waals surface area contributed by atoms with Crippen molar-refractivity contribution in [3.8, 4) is 0 Å². The SMILES string of the molecule is O=C(O)c1cc(S(=O)(=O)CCOCC(F)(F)F)ccc1F. The zero-order valence-corrected chi connectivity index (χ0v) is 11.2. The van der Waals surface area contributed by atoms with E-state index >= 15 is 0 Å². The van der Waals surface area contributed by atoms with Crippen molar-refractivity contribution in [1.29, 1.82) is 0 Å². The highest BCUT2D eigenvalue weighted by molar-refractivity contribution is 7.91. The van der Waals surface area contributed by atoms with Crippen LogP contribution in [0.1, 0.15) is 10.4 Å². The van der Waals surface area contributed by atoms with E-state index in [1.807, 2.05) is 0 Å². The number of carboxylic acid groups (broad SMARTS) is 1. The predicted molar refractivity (Wildman–Crippen MR) is 62.3 cm³/mol. The molecule has 0 spiro atoms. The Labute approximate surface area is 117 Å². The van der Waals surface area contributed by atoms with Crippen molar-refractivity contribution in [3.05, 3.63) is 29.6 Å². The first-order chi connectivity index (χ1) is 9.53. The number of carboxylic acids is 1. The summed E-state index contributed by atoms with van der Waals surface area (Å²) in [6.07, 6.45) is -4.57. The summed E-state index contributed by atoms with van der Waals surface area (Å²) >= 11 is 0. The van der Waals surface area contributed by atoms with Crippen molar-refractivity contribution in [1.82, 2.24) is 0 Å². The molecule has 0 fully saturated rings. The van der Waals surface area contributed by atoms with E-state index < -0.39 is 57.2 Å². The Balaban J connectivity index is 2.79. The molecule has 0 saturated carbocycles. The number of carbonyl (C=O) groups is 1. The Hall–Kier alpha value is -1.68. The number of hydrogen-bond acceptors (Lipinski definition) is 4. The fourth-order valence-electron chi connectivity index (χ4n) is 1.34. The second-order valence-corrected chi connectivity index (χ2v) is 6.04. The van der Waals surface area contributed by atoms with Crippen LogP contribution in [0.3, 0.4) is 0 Å². The van der Waals surface area contributed by atoms with Gasteiger partial charge in [0.25, 0.3) is 0 Å². The minimum Gasteiger partial charge on any atom is -0.478 e. The summed E-state index contributed by atoms with van der Waals surface area (Å²) in [6.45, 7) is -2.31. The maximum Gasteiger partial charge on any atom is 0.411 e. The molecule has 0 unspecified atom stereocenters. The highest BCUT2D eigenvalue weighted by atomic mass is 32.2. The van der Waals surface area contributed by atoms with Crippen LogP contribution >= 0.6 is 0 Å². The summed E-state index contributed by atoms with van der Waals surface area (Å²) in [5.41, 5.74) is -0.840. The van der Waals surface area contributed by atoms with Crippen molar-refractivity contribution < 1.29 is 40.6 Å². The molecule has 0 aliphatic rings. The number of rotatable bonds is 6. The monoisotopic (exact) mass is 330 g/mol. The molecule has 21 heavy (non-hydrogen) atoms. The average molecular weight is 330 g/mol. The maximum absolute atomic E-state index is 13.1. The largest absolute Gasteiger partial charge is 0.478 e. The minimum atomic E-state index is -4.57. The molecule has 0 aliphatic heterocycles. The molecule has 0 aromatic heterocycles. The van der Waals surface area contributed by atoms with Crippen molar-refractivity contribution in [2.75, 3.05) is 19.0 Å². The molecular formula is C11H10F4O5S. The number of halogens is 4. The summed E-state index contributed by atoms with van der Waals surface area (Å²) in [6, 6.07) is 2.10. The average Bonchev–Trinajstić information content (AvgIpc) is 2.33. The van der Waals surface area contributed by atoms with Gasteiger partial charge >= 0.3 is 12.1 Å². The summed E-state index contributed by atoms with van der Waals surface area (Å²) in [5, 5.41) is 8.67. The molecule has 10 heteroatoms. The van der Waals surface area contributed by atoms with Crippen LogP contribution in [0.15, 0.2) is 23.1 Å². The van der Waals surface area contributed by atoms with Gasteiger partial charge in [0.2, 0.25) is 0 Å². The Morgan fingerprint density at radius 3 is 2.43 bits per heavy atom. The van der Waals surface area contributed by atoms with Crippen molar-refractivity contribution in [2.45, 2.75) is 11.1 Å².